The molecule has 0 aromatic rings. The smallest absolute Gasteiger partial charge is 0.294 e. The number of aliphatic hydroxyl groups excluding tert-OH is 2. The van der Waals surface area contributed by atoms with Crippen molar-refractivity contribution in [1.82, 2.24) is 0 Å². The molecule has 0 rings (SSSR count). The van der Waals surface area contributed by atoms with Gasteiger partial charge in [0.25, 0.3) is 20.2 Å². The molecule has 0 saturated carbocycles. The van der Waals surface area contributed by atoms with Crippen molar-refractivity contribution >= 4 is 20.2 Å². The summed E-state index contributed by atoms with van der Waals surface area (Å²) in [6.07, 6.45) is -2.30. The molecule has 0 aromatic carbocycles. The molecule has 4 N–H and O–H groups in total. The van der Waals surface area contributed by atoms with Gasteiger partial charge in [-0.3, -0.25) is 9.11 Å². The van der Waals surface area contributed by atoms with E-state index >= 15 is 0 Å². The highest BCUT2D eigenvalue weighted by molar-refractivity contribution is 7.87. The van der Waals surface area contributed by atoms with Crippen molar-refractivity contribution in [3.63, 3.8) is 0 Å². The molecule has 0 amide bonds. The van der Waals surface area contributed by atoms with E-state index in [0.717, 1.165) is 0 Å². The molecule has 0 aromatic heterocycles. The Hall–Kier alpha value is -0.260. The third kappa shape index (κ3) is 5.13. The fourth-order valence-electron chi connectivity index (χ4n) is 0.497. The Morgan fingerprint density at radius 2 is 1.38 bits per heavy atom. The Bertz CT molecular complexity index is 351. The monoisotopic (exact) mass is 236 g/mol. The highest BCUT2D eigenvalue weighted by Crippen LogP contribution is 2.03. The van der Waals surface area contributed by atoms with Crippen LogP contribution in [0.25, 0.3) is 0 Å². The molecule has 0 saturated heterocycles. The van der Waals surface area contributed by atoms with Crippen molar-refractivity contribution < 1.29 is 36.2 Å². The van der Waals surface area contributed by atoms with Crippen molar-refractivity contribution in [2.45, 2.75) is 11.5 Å². The molecule has 0 bridgehead atoms. The Morgan fingerprint density at radius 1 is 1.00 bits per heavy atom. The lowest BCUT2D eigenvalue weighted by atomic mass is 10.4. The van der Waals surface area contributed by atoms with Gasteiger partial charge in [-0.25, -0.2) is 0 Å². The number of rotatable bonds is 4. The number of aliphatic hydroxyl groups is 2. The third-order valence-electron chi connectivity index (χ3n) is 1.02. The normalized spacial score (nSPS) is 18.2. The number of hydrogen-bond donors (Lipinski definition) is 4. The molecule has 2 unspecified atom stereocenters. The van der Waals surface area contributed by atoms with Gasteiger partial charge >= 0.3 is 0 Å². The van der Waals surface area contributed by atoms with Gasteiger partial charge in [0, 0.05) is 0 Å². The summed E-state index contributed by atoms with van der Waals surface area (Å²) in [5.41, 5.74) is -2.66. The van der Waals surface area contributed by atoms with E-state index in [4.69, 9.17) is 19.3 Å². The lowest BCUT2D eigenvalue weighted by Crippen LogP contribution is -2.38. The van der Waals surface area contributed by atoms with E-state index in [1.807, 2.05) is 0 Å². The lowest BCUT2D eigenvalue weighted by Gasteiger charge is -2.12. The summed E-state index contributed by atoms with van der Waals surface area (Å²) >= 11 is 0. The minimum absolute atomic E-state index is 1.38. The van der Waals surface area contributed by atoms with Crippen LogP contribution in [0.5, 0.6) is 0 Å². The van der Waals surface area contributed by atoms with Crippen molar-refractivity contribution in [1.29, 1.82) is 0 Å². The molecule has 0 spiro atoms. The second-order valence-corrected chi connectivity index (χ2v) is 5.23. The molecule has 8 nitrogen and oxygen atoms in total. The molecule has 0 aliphatic heterocycles. The molecule has 0 radical (unpaired) electrons. The van der Waals surface area contributed by atoms with Gasteiger partial charge in [-0.15, -0.1) is 0 Å². The molecule has 0 fully saturated rings. The van der Waals surface area contributed by atoms with Crippen LogP contribution in [0.1, 0.15) is 0 Å². The van der Waals surface area contributed by atoms with Crippen molar-refractivity contribution in [2.75, 3.05) is 5.75 Å². The number of hydrogen-bond acceptors (Lipinski definition) is 6. The molecular weight excluding hydrogens is 228 g/mol. The van der Waals surface area contributed by atoms with Gasteiger partial charge < -0.3 is 10.2 Å². The maximum atomic E-state index is 10.1. The van der Waals surface area contributed by atoms with Crippen LogP contribution in [-0.4, -0.2) is 53.4 Å². The highest BCUT2D eigenvalue weighted by atomic mass is 32.2. The first-order valence-electron chi connectivity index (χ1n) is 2.81. The highest BCUT2D eigenvalue weighted by Gasteiger charge is 2.31. The Labute approximate surface area is 74.3 Å². The van der Waals surface area contributed by atoms with E-state index < -0.39 is 37.5 Å². The largest absolute Gasteiger partial charge is 0.388 e. The minimum Gasteiger partial charge on any atom is -0.388 e. The van der Waals surface area contributed by atoms with Gasteiger partial charge in [-0.05, 0) is 0 Å². The van der Waals surface area contributed by atoms with E-state index in [1.165, 1.54) is 0 Å². The Kier molecular flexibility index (Phi) is 3.78. The molecule has 80 valence electrons. The molecular formula is C3H8O8S2. The van der Waals surface area contributed by atoms with Gasteiger partial charge in [0.1, 0.15) is 11.9 Å². The lowest BCUT2D eigenvalue weighted by molar-refractivity contribution is 0.0765. The predicted octanol–water partition coefficient (Wildman–Crippen LogP) is -2.56. The first-order valence-corrected chi connectivity index (χ1v) is 5.93. The van der Waals surface area contributed by atoms with Gasteiger partial charge in [0.2, 0.25) is 5.44 Å². The third-order valence-corrected chi connectivity index (χ3v) is 2.70. The maximum absolute atomic E-state index is 10.1. The molecule has 0 heterocycles. The molecule has 10 heteroatoms. The van der Waals surface area contributed by atoms with Crippen LogP contribution in [0.3, 0.4) is 0 Å². The van der Waals surface area contributed by atoms with Crippen LogP contribution in [-0.2, 0) is 20.2 Å². The fraction of sp³-hybridized carbons (Fsp3) is 1.00. The summed E-state index contributed by atoms with van der Waals surface area (Å²) in [6, 6.07) is 0. The van der Waals surface area contributed by atoms with E-state index in [1.54, 1.807) is 0 Å². The van der Waals surface area contributed by atoms with Gasteiger partial charge in [0.15, 0.2) is 0 Å². The van der Waals surface area contributed by atoms with Crippen LogP contribution < -0.4 is 0 Å². The Morgan fingerprint density at radius 3 is 1.62 bits per heavy atom. The van der Waals surface area contributed by atoms with Gasteiger partial charge in [-0.2, -0.15) is 16.8 Å². The zero-order valence-electron chi connectivity index (χ0n) is 6.10. The zero-order chi connectivity index (χ0) is 10.9. The second kappa shape index (κ2) is 3.86. The van der Waals surface area contributed by atoms with Crippen molar-refractivity contribution in [2.24, 2.45) is 0 Å². The van der Waals surface area contributed by atoms with Crippen LogP contribution in [0, 0.1) is 0 Å². The summed E-state index contributed by atoms with van der Waals surface area (Å²) in [6.45, 7) is 0. The van der Waals surface area contributed by atoms with E-state index in [9.17, 15) is 16.8 Å². The molecule has 13 heavy (non-hydrogen) atoms. The average Bonchev–Trinajstić information content (AvgIpc) is 1.79. The minimum atomic E-state index is -4.94. The van der Waals surface area contributed by atoms with Crippen LogP contribution in [0.15, 0.2) is 0 Å². The van der Waals surface area contributed by atoms with E-state index in [2.05, 4.69) is 0 Å². The van der Waals surface area contributed by atoms with Crippen molar-refractivity contribution in [3.05, 3.63) is 0 Å². The van der Waals surface area contributed by atoms with Crippen LogP contribution >= 0.6 is 0 Å². The summed E-state index contributed by atoms with van der Waals surface area (Å²) in [5.74, 6) is -1.38. The summed E-state index contributed by atoms with van der Waals surface area (Å²) in [5, 5.41) is 17.2. The average molecular weight is 236 g/mol. The summed E-state index contributed by atoms with van der Waals surface area (Å²) in [4.78, 5) is 0. The van der Waals surface area contributed by atoms with E-state index in [0.29, 0.717) is 0 Å². The molecule has 0 aliphatic rings. The zero-order valence-corrected chi connectivity index (χ0v) is 7.73. The quantitative estimate of drug-likeness (QED) is 0.389. The molecule has 2 atom stereocenters. The summed E-state index contributed by atoms with van der Waals surface area (Å²) in [7, 11) is -9.56. The van der Waals surface area contributed by atoms with E-state index in [-0.39, 0.29) is 0 Å². The SMILES string of the molecule is O=S(=O)(O)CC(O)C(O)S(=O)(=O)O. The van der Waals surface area contributed by atoms with Crippen LogP contribution in [0.4, 0.5) is 0 Å². The first kappa shape index (κ1) is 12.7. The summed E-state index contributed by atoms with van der Waals surface area (Å²) < 4.78 is 56.7. The Balaban J connectivity index is 4.56. The first-order chi connectivity index (χ1) is 5.54. The second-order valence-electron chi connectivity index (χ2n) is 2.22. The maximum Gasteiger partial charge on any atom is 0.294 e. The topological polar surface area (TPSA) is 149 Å². The van der Waals surface area contributed by atoms with Gasteiger partial charge in [0.05, 0.1) is 0 Å². The fourth-order valence-corrected chi connectivity index (χ4v) is 1.73. The van der Waals surface area contributed by atoms with Crippen molar-refractivity contribution in [3.8, 4) is 0 Å². The predicted molar refractivity (Wildman–Crippen MR) is 40.0 cm³/mol. The van der Waals surface area contributed by atoms with Gasteiger partial charge in [-0.1, -0.05) is 0 Å². The standard InChI is InChI=1S/C3H8O8S2/c4-2(1-12(6,7)8)3(5)13(9,10)11/h2-5H,1H2,(H,6,7,8)(H,9,10,11). The molecule has 0 aliphatic carbocycles. The van der Waals surface area contributed by atoms with Crippen LogP contribution in [0.2, 0.25) is 0 Å².